The Hall–Kier alpha value is -2.61. The van der Waals surface area contributed by atoms with Crippen molar-refractivity contribution in [2.24, 2.45) is 0 Å². The first-order chi connectivity index (χ1) is 12.2. The molecule has 0 saturated carbocycles. The highest BCUT2D eigenvalue weighted by Gasteiger charge is 2.29. The van der Waals surface area contributed by atoms with Crippen LogP contribution in [0, 0.1) is 6.92 Å². The van der Waals surface area contributed by atoms with Gasteiger partial charge in [0.15, 0.2) is 0 Å². The van der Waals surface area contributed by atoms with Crippen molar-refractivity contribution < 1.29 is 9.32 Å². The maximum absolute atomic E-state index is 12.5. The first kappa shape index (κ1) is 15.9. The monoisotopic (exact) mass is 355 g/mol. The van der Waals surface area contributed by atoms with Crippen LogP contribution in [0.15, 0.2) is 34.9 Å². The maximum Gasteiger partial charge on any atom is 0.267 e. The van der Waals surface area contributed by atoms with Crippen LogP contribution in [-0.2, 0) is 0 Å². The Kier molecular flexibility index (Phi) is 4.27. The molecule has 25 heavy (non-hydrogen) atoms. The standard InChI is InChI=1S/C17H17N5O2S/c1-11-14(25-21-19-11)17(23)22-9-7-13(8-10-22)16-18-15(20-24-16)12-5-3-2-4-6-12/h2-6,13H,7-10H2,1H3. The average Bonchev–Trinajstić information content (AvgIpc) is 3.31. The summed E-state index contributed by atoms with van der Waals surface area (Å²) in [6, 6.07) is 9.78. The van der Waals surface area contributed by atoms with Crippen LogP contribution in [0.3, 0.4) is 0 Å². The summed E-state index contributed by atoms with van der Waals surface area (Å²) in [5, 5.41) is 8.00. The average molecular weight is 355 g/mol. The van der Waals surface area contributed by atoms with Gasteiger partial charge in [0.25, 0.3) is 5.91 Å². The van der Waals surface area contributed by atoms with Gasteiger partial charge in [-0.05, 0) is 31.3 Å². The van der Waals surface area contributed by atoms with Crippen LogP contribution in [-0.4, -0.2) is 43.6 Å². The Morgan fingerprint density at radius 2 is 2.00 bits per heavy atom. The molecule has 8 heteroatoms. The number of amides is 1. The topological polar surface area (TPSA) is 85.0 Å². The van der Waals surface area contributed by atoms with E-state index in [-0.39, 0.29) is 11.8 Å². The summed E-state index contributed by atoms with van der Waals surface area (Å²) in [5.41, 5.74) is 1.64. The number of carbonyl (C=O) groups is 1. The highest BCUT2D eigenvalue weighted by atomic mass is 32.1. The summed E-state index contributed by atoms with van der Waals surface area (Å²) in [4.78, 5) is 19.5. The van der Waals surface area contributed by atoms with Gasteiger partial charge in [-0.2, -0.15) is 4.98 Å². The minimum atomic E-state index is 0.0152. The summed E-state index contributed by atoms with van der Waals surface area (Å²) >= 11 is 1.16. The largest absolute Gasteiger partial charge is 0.339 e. The first-order valence-corrected chi connectivity index (χ1v) is 8.97. The van der Waals surface area contributed by atoms with Gasteiger partial charge in [-0.15, -0.1) is 5.10 Å². The summed E-state index contributed by atoms with van der Waals surface area (Å²) in [7, 11) is 0. The molecule has 0 unspecified atom stereocenters. The van der Waals surface area contributed by atoms with E-state index < -0.39 is 0 Å². The van der Waals surface area contributed by atoms with E-state index in [4.69, 9.17) is 4.52 Å². The molecule has 1 aliphatic rings. The van der Waals surface area contributed by atoms with Crippen molar-refractivity contribution in [3.8, 4) is 11.4 Å². The fourth-order valence-corrected chi connectivity index (χ4v) is 3.63. The molecule has 0 radical (unpaired) electrons. The SMILES string of the molecule is Cc1nnsc1C(=O)N1CCC(c2nc(-c3ccccc3)no2)CC1. The number of likely N-dealkylation sites (tertiary alicyclic amines) is 1. The van der Waals surface area contributed by atoms with E-state index in [0.29, 0.717) is 35.4 Å². The Morgan fingerprint density at radius 1 is 1.24 bits per heavy atom. The summed E-state index contributed by atoms with van der Waals surface area (Å²) in [5.74, 6) is 1.47. The zero-order valence-electron chi connectivity index (χ0n) is 13.8. The molecule has 3 heterocycles. The summed E-state index contributed by atoms with van der Waals surface area (Å²) < 4.78 is 9.31. The van der Waals surface area contributed by atoms with E-state index in [2.05, 4.69) is 19.7 Å². The van der Waals surface area contributed by atoms with Crippen molar-refractivity contribution in [2.45, 2.75) is 25.7 Å². The molecule has 1 fully saturated rings. The molecule has 7 nitrogen and oxygen atoms in total. The van der Waals surface area contributed by atoms with Crippen molar-refractivity contribution in [2.75, 3.05) is 13.1 Å². The van der Waals surface area contributed by atoms with E-state index in [1.807, 2.05) is 42.2 Å². The van der Waals surface area contributed by atoms with Gasteiger partial charge in [0, 0.05) is 24.6 Å². The molecule has 3 aromatic rings. The molecule has 1 saturated heterocycles. The zero-order valence-corrected chi connectivity index (χ0v) is 14.6. The molecule has 0 atom stereocenters. The van der Waals surface area contributed by atoms with Crippen molar-refractivity contribution in [1.29, 1.82) is 0 Å². The minimum Gasteiger partial charge on any atom is -0.339 e. The lowest BCUT2D eigenvalue weighted by Gasteiger charge is -2.30. The number of benzene rings is 1. The van der Waals surface area contributed by atoms with Crippen LogP contribution in [0.4, 0.5) is 0 Å². The molecule has 0 N–H and O–H groups in total. The van der Waals surface area contributed by atoms with Crippen LogP contribution in [0.1, 0.15) is 40.0 Å². The fourth-order valence-electron chi connectivity index (χ4n) is 3.01. The Bertz CT molecular complexity index is 868. The lowest BCUT2D eigenvalue weighted by molar-refractivity contribution is 0.0708. The van der Waals surface area contributed by atoms with Crippen molar-refractivity contribution in [1.82, 2.24) is 24.6 Å². The quantitative estimate of drug-likeness (QED) is 0.718. The van der Waals surface area contributed by atoms with E-state index >= 15 is 0 Å². The van der Waals surface area contributed by atoms with Gasteiger partial charge in [-0.1, -0.05) is 40.0 Å². The highest BCUT2D eigenvalue weighted by Crippen LogP contribution is 2.29. The van der Waals surface area contributed by atoms with Gasteiger partial charge in [0.1, 0.15) is 4.88 Å². The second kappa shape index (κ2) is 6.72. The zero-order chi connectivity index (χ0) is 17.2. The lowest BCUT2D eigenvalue weighted by Crippen LogP contribution is -2.37. The van der Waals surface area contributed by atoms with Crippen LogP contribution in [0.5, 0.6) is 0 Å². The number of carbonyl (C=O) groups excluding carboxylic acids is 1. The number of aryl methyl sites for hydroxylation is 1. The molecule has 128 valence electrons. The predicted octanol–water partition coefficient (Wildman–Crippen LogP) is 2.92. The molecule has 2 aromatic heterocycles. The number of hydrogen-bond donors (Lipinski definition) is 0. The van der Waals surface area contributed by atoms with E-state index in [0.717, 1.165) is 29.9 Å². The third-order valence-electron chi connectivity index (χ3n) is 4.45. The Labute approximate surface area is 148 Å². The number of aromatic nitrogens is 4. The van der Waals surface area contributed by atoms with Crippen molar-refractivity contribution in [3.05, 3.63) is 46.8 Å². The van der Waals surface area contributed by atoms with E-state index in [1.54, 1.807) is 0 Å². The molecule has 1 amide bonds. The summed E-state index contributed by atoms with van der Waals surface area (Å²) in [6.45, 7) is 3.15. The van der Waals surface area contributed by atoms with Gasteiger partial charge >= 0.3 is 0 Å². The lowest BCUT2D eigenvalue weighted by atomic mass is 9.96. The molecule has 4 rings (SSSR count). The smallest absolute Gasteiger partial charge is 0.267 e. The highest BCUT2D eigenvalue weighted by molar-refractivity contribution is 7.07. The summed E-state index contributed by atoms with van der Waals surface area (Å²) in [6.07, 6.45) is 1.63. The molecule has 1 aromatic carbocycles. The molecule has 0 spiro atoms. The van der Waals surface area contributed by atoms with Crippen LogP contribution in [0.25, 0.3) is 11.4 Å². The fraction of sp³-hybridized carbons (Fsp3) is 0.353. The normalized spacial score (nSPS) is 15.5. The number of nitrogens with zero attached hydrogens (tertiary/aromatic N) is 5. The molecular weight excluding hydrogens is 338 g/mol. The molecule has 0 aliphatic carbocycles. The second-order valence-corrected chi connectivity index (χ2v) is 6.83. The van der Waals surface area contributed by atoms with Crippen LogP contribution < -0.4 is 0 Å². The molecule has 1 aliphatic heterocycles. The number of rotatable bonds is 3. The molecular formula is C17H17N5O2S. The molecule has 0 bridgehead atoms. The van der Waals surface area contributed by atoms with Gasteiger partial charge < -0.3 is 9.42 Å². The van der Waals surface area contributed by atoms with Gasteiger partial charge in [-0.25, -0.2) is 0 Å². The van der Waals surface area contributed by atoms with Crippen LogP contribution >= 0.6 is 11.5 Å². The van der Waals surface area contributed by atoms with Crippen molar-refractivity contribution in [3.63, 3.8) is 0 Å². The first-order valence-electron chi connectivity index (χ1n) is 8.19. The second-order valence-electron chi connectivity index (χ2n) is 6.08. The Morgan fingerprint density at radius 3 is 2.68 bits per heavy atom. The van der Waals surface area contributed by atoms with Gasteiger partial charge in [0.05, 0.1) is 5.69 Å². The number of hydrogen-bond acceptors (Lipinski definition) is 7. The third-order valence-corrected chi connectivity index (χ3v) is 5.27. The number of piperidine rings is 1. The Balaban J connectivity index is 1.42. The third kappa shape index (κ3) is 3.17. The van der Waals surface area contributed by atoms with E-state index in [9.17, 15) is 4.79 Å². The van der Waals surface area contributed by atoms with E-state index in [1.165, 1.54) is 0 Å². The maximum atomic E-state index is 12.5. The van der Waals surface area contributed by atoms with Gasteiger partial charge in [0.2, 0.25) is 11.7 Å². The van der Waals surface area contributed by atoms with Crippen LogP contribution in [0.2, 0.25) is 0 Å². The van der Waals surface area contributed by atoms with Gasteiger partial charge in [-0.3, -0.25) is 4.79 Å². The minimum absolute atomic E-state index is 0.0152. The van der Waals surface area contributed by atoms with Crippen molar-refractivity contribution >= 4 is 17.4 Å². The predicted molar refractivity (Wildman–Crippen MR) is 92.3 cm³/mol.